The van der Waals surface area contributed by atoms with Crippen molar-refractivity contribution in [3.05, 3.63) is 144 Å². The van der Waals surface area contributed by atoms with Crippen LogP contribution in [0.1, 0.15) is 22.3 Å². The van der Waals surface area contributed by atoms with Crippen molar-refractivity contribution >= 4 is 149 Å². The third-order valence-corrected chi connectivity index (χ3v) is 19.1. The van der Waals surface area contributed by atoms with Crippen molar-refractivity contribution in [3.8, 4) is 30.9 Å². The van der Waals surface area contributed by atoms with Gasteiger partial charge in [0.15, 0.2) is 0 Å². The van der Waals surface area contributed by atoms with Gasteiger partial charge in [0.05, 0.1) is 40.9 Å². The fourth-order valence-corrected chi connectivity index (χ4v) is 16.2. The second-order valence-corrected chi connectivity index (χ2v) is 22.1. The average molecular weight is 853 g/mol. The second kappa shape index (κ2) is 12.2. The number of nitrogens with zero attached hydrogens (tertiary/aromatic N) is 2. The van der Waals surface area contributed by atoms with Crippen LogP contribution in [0, 0.1) is 27.7 Å². The minimum absolute atomic E-state index is 1.22. The van der Waals surface area contributed by atoms with Crippen LogP contribution in [-0.4, -0.2) is 9.13 Å². The summed E-state index contributed by atoms with van der Waals surface area (Å²) in [5, 5.41) is 5.32. The van der Waals surface area contributed by atoms with E-state index in [0.29, 0.717) is 0 Å². The summed E-state index contributed by atoms with van der Waals surface area (Å²) in [6.07, 6.45) is 0. The molecule has 0 fully saturated rings. The van der Waals surface area contributed by atoms with Crippen LogP contribution in [0.3, 0.4) is 0 Å². The highest BCUT2D eigenvalue weighted by Crippen LogP contribution is 2.53. The Morgan fingerprint density at radius 1 is 0.328 bits per heavy atom. The minimum Gasteiger partial charge on any atom is -0.307 e. The van der Waals surface area contributed by atoms with Gasteiger partial charge in [0.25, 0.3) is 0 Å². The predicted molar refractivity (Wildman–Crippen MR) is 262 cm³/mol. The fourth-order valence-electron chi connectivity index (χ4n) is 8.76. The summed E-state index contributed by atoms with van der Waals surface area (Å²) in [7, 11) is 0. The maximum absolute atomic E-state index is 2.54. The first-order chi connectivity index (χ1) is 28.3. The first-order valence-electron chi connectivity index (χ1n) is 19.4. The van der Waals surface area contributed by atoms with E-state index in [2.05, 4.69) is 158 Å². The van der Waals surface area contributed by atoms with Crippen molar-refractivity contribution in [2.45, 2.75) is 27.7 Å². The summed E-state index contributed by atoms with van der Waals surface area (Å²) in [6.45, 7) is 8.72. The topological polar surface area (TPSA) is 9.86 Å². The van der Waals surface area contributed by atoms with Crippen molar-refractivity contribution < 1.29 is 0 Å². The lowest BCUT2D eigenvalue weighted by molar-refractivity contribution is 1.18. The van der Waals surface area contributed by atoms with Gasteiger partial charge in [-0.05, 0) is 122 Å². The van der Waals surface area contributed by atoms with Gasteiger partial charge in [0, 0.05) is 60.5 Å². The van der Waals surface area contributed by atoms with E-state index in [1.165, 1.54) is 134 Å². The molecule has 0 atom stereocenters. The van der Waals surface area contributed by atoms with Crippen LogP contribution in [0.25, 0.3) is 112 Å². The highest BCUT2D eigenvalue weighted by Gasteiger charge is 2.25. The molecule has 0 aliphatic heterocycles. The van der Waals surface area contributed by atoms with Gasteiger partial charge in [0.1, 0.15) is 0 Å². The molecule has 8 heterocycles. The molecular formula is C50H32N2S6. The molecule has 0 saturated heterocycles. The Morgan fingerprint density at radius 3 is 1.16 bits per heavy atom. The molecule has 0 amide bonds. The lowest BCUT2D eigenvalue weighted by atomic mass is 10.1. The molecule has 0 saturated carbocycles. The lowest BCUT2D eigenvalue weighted by Gasteiger charge is -2.08. The molecule has 0 radical (unpaired) electrons. The predicted octanol–water partition coefficient (Wildman–Crippen LogP) is 17.4. The molecule has 2 nitrogen and oxygen atoms in total. The summed E-state index contributed by atoms with van der Waals surface area (Å²) in [5.41, 5.74) is 12.9. The molecule has 0 unspecified atom stereocenters. The minimum atomic E-state index is 1.22. The Morgan fingerprint density at radius 2 is 0.724 bits per heavy atom. The van der Waals surface area contributed by atoms with Crippen LogP contribution in [0.4, 0.5) is 0 Å². The third kappa shape index (κ3) is 4.90. The maximum atomic E-state index is 2.54. The summed E-state index contributed by atoms with van der Waals surface area (Å²) >= 11 is 11.6. The molecule has 0 spiro atoms. The monoisotopic (exact) mass is 852 g/mol. The van der Waals surface area contributed by atoms with Gasteiger partial charge in [-0.15, -0.1) is 68.0 Å². The van der Waals surface area contributed by atoms with E-state index in [4.69, 9.17) is 0 Å². The quantitative estimate of drug-likeness (QED) is 0.167. The van der Waals surface area contributed by atoms with Crippen molar-refractivity contribution in [3.63, 3.8) is 0 Å². The first kappa shape index (κ1) is 33.9. The van der Waals surface area contributed by atoms with Crippen molar-refractivity contribution in [2.24, 2.45) is 0 Å². The SMILES string of the molecule is Cc1ccc(-n2c3cc(-c4cc5ccc(C)cc5s4)sc3c3sc4cc5c(cc4c32)sc2c3sc(-c4cc6ccc(C)cc6s4)cc3n(-c3ccc(C)cc3)c52)cc1. The highest BCUT2D eigenvalue weighted by atomic mass is 32.1. The van der Waals surface area contributed by atoms with E-state index in [1.807, 2.05) is 68.0 Å². The smallest absolute Gasteiger partial charge is 0.0736 e. The summed E-state index contributed by atoms with van der Waals surface area (Å²) in [4.78, 5) is 5.37. The number of thiophene rings is 6. The van der Waals surface area contributed by atoms with Crippen molar-refractivity contribution in [1.29, 1.82) is 0 Å². The van der Waals surface area contributed by atoms with Crippen LogP contribution in [-0.2, 0) is 0 Å². The number of fused-ring (bicyclic) bond motifs is 12. The summed E-state index contributed by atoms with van der Waals surface area (Å²) in [6, 6.07) is 46.4. The Hall–Kier alpha value is -5.06. The van der Waals surface area contributed by atoms with Crippen molar-refractivity contribution in [1.82, 2.24) is 9.13 Å². The lowest BCUT2D eigenvalue weighted by Crippen LogP contribution is -1.93. The van der Waals surface area contributed by atoms with Gasteiger partial charge in [-0.3, -0.25) is 0 Å². The molecule has 278 valence electrons. The van der Waals surface area contributed by atoms with Gasteiger partial charge in [-0.1, -0.05) is 59.7 Å². The standard InChI is InChI=1S/C50H32N2S6/c1-25-7-13-31(14-8-25)51-35-23-43(41-19-29-11-5-27(3)17-37(29)53-41)57-47(35)49-45(51)33-21-40-34(22-39(33)55-49)46-50(56-40)48-36(52(46)32-15-9-26(2)10-16-32)24-44(58-48)42-20-30-12-6-28(4)18-38(30)54-42/h5-24H,1-4H3. The molecule has 13 rings (SSSR count). The Kier molecular flexibility index (Phi) is 7.15. The van der Waals surface area contributed by atoms with Crippen LogP contribution >= 0.6 is 68.0 Å². The van der Waals surface area contributed by atoms with E-state index < -0.39 is 0 Å². The Balaban J connectivity index is 1.06. The number of rotatable bonds is 4. The zero-order valence-corrected chi connectivity index (χ0v) is 36.8. The molecule has 0 aliphatic rings. The Labute approximate surface area is 357 Å². The number of hydrogen-bond donors (Lipinski definition) is 0. The van der Waals surface area contributed by atoms with Crippen molar-refractivity contribution in [2.75, 3.05) is 0 Å². The van der Waals surface area contributed by atoms with Gasteiger partial charge >= 0.3 is 0 Å². The van der Waals surface area contributed by atoms with E-state index >= 15 is 0 Å². The maximum Gasteiger partial charge on any atom is 0.0736 e. The van der Waals surface area contributed by atoms with Crippen LogP contribution in [0.2, 0.25) is 0 Å². The Bertz CT molecular complexity index is 3570. The normalized spacial score (nSPS) is 12.5. The van der Waals surface area contributed by atoms with Crippen LogP contribution in [0.5, 0.6) is 0 Å². The third-order valence-electron chi connectivity index (χ3n) is 11.6. The molecule has 0 N–H and O–H groups in total. The number of aryl methyl sites for hydroxylation is 4. The molecule has 0 bridgehead atoms. The van der Waals surface area contributed by atoms with Gasteiger partial charge < -0.3 is 9.13 Å². The summed E-state index contributed by atoms with van der Waals surface area (Å²) < 4.78 is 16.0. The molecule has 5 aromatic carbocycles. The van der Waals surface area contributed by atoms with Crippen LogP contribution in [0.15, 0.2) is 121 Å². The van der Waals surface area contributed by atoms with E-state index in [9.17, 15) is 0 Å². The van der Waals surface area contributed by atoms with E-state index in [1.54, 1.807) is 0 Å². The summed E-state index contributed by atoms with van der Waals surface area (Å²) in [5.74, 6) is 0. The number of aromatic nitrogens is 2. The fraction of sp³-hybridized carbons (Fsp3) is 0.0800. The average Bonchev–Trinajstić information content (AvgIpc) is 4.07. The van der Waals surface area contributed by atoms with E-state index in [-0.39, 0.29) is 0 Å². The molecule has 13 aromatic rings. The molecule has 0 aliphatic carbocycles. The molecule has 8 aromatic heterocycles. The largest absolute Gasteiger partial charge is 0.307 e. The van der Waals surface area contributed by atoms with Gasteiger partial charge in [-0.25, -0.2) is 0 Å². The molecule has 8 heteroatoms. The zero-order valence-electron chi connectivity index (χ0n) is 31.9. The first-order valence-corrected chi connectivity index (χ1v) is 24.3. The molecular weight excluding hydrogens is 821 g/mol. The molecule has 58 heavy (non-hydrogen) atoms. The van der Waals surface area contributed by atoms with E-state index in [0.717, 1.165) is 0 Å². The second-order valence-electron chi connectivity index (χ2n) is 15.7. The highest BCUT2D eigenvalue weighted by molar-refractivity contribution is 7.35. The number of hydrogen-bond acceptors (Lipinski definition) is 6. The number of benzene rings is 5. The van der Waals surface area contributed by atoms with Gasteiger partial charge in [0.2, 0.25) is 0 Å². The zero-order chi connectivity index (χ0) is 38.6. The van der Waals surface area contributed by atoms with Gasteiger partial charge in [-0.2, -0.15) is 0 Å². The van der Waals surface area contributed by atoms with Crippen LogP contribution < -0.4 is 0 Å².